The maximum atomic E-state index is 11.1. The molecule has 3 aromatic rings. The number of benzene rings is 2. The average Bonchev–Trinajstić information content (AvgIpc) is 3.20. The lowest BCUT2D eigenvalue weighted by atomic mass is 9.90. The van der Waals surface area contributed by atoms with Crippen LogP contribution in [0.25, 0.3) is 11.5 Å². The van der Waals surface area contributed by atoms with Gasteiger partial charge in [-0.15, -0.1) is 0 Å². The number of ether oxygens (including phenoxy) is 1. The lowest BCUT2D eigenvalue weighted by molar-refractivity contribution is 0.0696. The molecule has 6 nitrogen and oxygen atoms in total. The fourth-order valence-corrected chi connectivity index (χ4v) is 3.93. The minimum atomic E-state index is -0.997. The number of aromatic carboxylic acids is 1. The summed E-state index contributed by atoms with van der Waals surface area (Å²) in [5.41, 5.74) is 4.63. The lowest BCUT2D eigenvalue weighted by Gasteiger charge is -2.15. The fourth-order valence-electron chi connectivity index (χ4n) is 3.32. The second kappa shape index (κ2) is 7.98. The molecule has 28 heavy (non-hydrogen) atoms. The Balaban J connectivity index is 1.48. The Morgan fingerprint density at radius 1 is 1.18 bits per heavy atom. The summed E-state index contributed by atoms with van der Waals surface area (Å²) in [6, 6.07) is 11.1. The van der Waals surface area contributed by atoms with Crippen LogP contribution in [0.5, 0.6) is 5.75 Å². The maximum absolute atomic E-state index is 11.1. The number of aromatic nitrogens is 1. The van der Waals surface area contributed by atoms with Crippen LogP contribution >= 0.6 is 11.9 Å². The van der Waals surface area contributed by atoms with Crippen molar-refractivity contribution in [2.24, 2.45) is 0 Å². The van der Waals surface area contributed by atoms with Gasteiger partial charge in [0, 0.05) is 17.5 Å². The molecule has 0 atom stereocenters. The molecule has 0 saturated heterocycles. The maximum Gasteiger partial charge on any atom is 0.335 e. The number of hydrogen-bond donors (Lipinski definition) is 2. The Morgan fingerprint density at radius 3 is 2.79 bits per heavy atom. The molecule has 7 heteroatoms. The average molecular weight is 396 g/mol. The van der Waals surface area contributed by atoms with Crippen LogP contribution in [0.1, 0.15) is 34.3 Å². The van der Waals surface area contributed by atoms with Gasteiger partial charge in [0.15, 0.2) is 5.03 Å². The van der Waals surface area contributed by atoms with E-state index in [2.05, 4.69) is 27.9 Å². The third-order valence-electron chi connectivity index (χ3n) is 4.79. The predicted molar refractivity (Wildman–Crippen MR) is 108 cm³/mol. The number of anilines is 1. The largest absolute Gasteiger partial charge is 0.495 e. The summed E-state index contributed by atoms with van der Waals surface area (Å²) in [4.78, 5) is 15.6. The van der Waals surface area contributed by atoms with Gasteiger partial charge in [-0.1, -0.05) is 6.07 Å². The minimum absolute atomic E-state index is 0.170. The van der Waals surface area contributed by atoms with Crippen molar-refractivity contribution in [3.05, 3.63) is 59.4 Å². The molecule has 0 saturated carbocycles. The van der Waals surface area contributed by atoms with E-state index in [-0.39, 0.29) is 5.56 Å². The molecule has 2 aromatic carbocycles. The standard InChI is InChI=1S/C21H20N2O4S/c1-26-18-11-16(21(24)25)8-9-17(18)23-28-19-12-27-20(22-19)15-7-6-13-4-2-3-5-14(13)10-15/h6-12,23H,2-5H2,1H3,(H,24,25). The van der Waals surface area contributed by atoms with Gasteiger partial charge in [-0.3, -0.25) is 0 Å². The van der Waals surface area contributed by atoms with Crippen LogP contribution in [0.2, 0.25) is 0 Å². The quantitative estimate of drug-likeness (QED) is 0.564. The van der Waals surface area contributed by atoms with E-state index in [4.69, 9.17) is 14.3 Å². The van der Waals surface area contributed by atoms with Crippen molar-refractivity contribution >= 4 is 23.6 Å². The molecule has 0 fully saturated rings. The molecular weight excluding hydrogens is 376 g/mol. The smallest absolute Gasteiger partial charge is 0.335 e. The van der Waals surface area contributed by atoms with E-state index < -0.39 is 5.97 Å². The van der Waals surface area contributed by atoms with Gasteiger partial charge in [0.2, 0.25) is 5.89 Å². The number of nitrogens with zero attached hydrogens (tertiary/aromatic N) is 1. The number of aryl methyl sites for hydroxylation is 2. The number of rotatable bonds is 6. The third-order valence-corrected chi connectivity index (χ3v) is 5.51. The van der Waals surface area contributed by atoms with Crippen LogP contribution in [0.15, 0.2) is 52.1 Å². The molecule has 1 aliphatic rings. The Labute approximate surface area is 167 Å². The van der Waals surface area contributed by atoms with Gasteiger partial charge in [-0.05, 0) is 67.1 Å². The third kappa shape index (κ3) is 3.84. The summed E-state index contributed by atoms with van der Waals surface area (Å²) in [5, 5.41) is 9.76. The Hall–Kier alpha value is -2.93. The summed E-state index contributed by atoms with van der Waals surface area (Å²) in [7, 11) is 1.50. The normalized spacial score (nSPS) is 13.0. The molecule has 144 valence electrons. The van der Waals surface area contributed by atoms with Crippen molar-refractivity contribution in [3.63, 3.8) is 0 Å². The SMILES string of the molecule is COc1cc(C(=O)O)ccc1NSc1coc(-c2ccc3c(c2)CCCC3)n1. The zero-order valence-electron chi connectivity index (χ0n) is 15.4. The van der Waals surface area contributed by atoms with Crippen molar-refractivity contribution in [1.82, 2.24) is 4.98 Å². The molecule has 0 radical (unpaired) electrons. The molecule has 1 aliphatic carbocycles. The number of carboxylic acid groups (broad SMARTS) is 1. The number of carbonyl (C=O) groups is 1. The van der Waals surface area contributed by atoms with E-state index in [1.54, 1.807) is 12.3 Å². The van der Waals surface area contributed by atoms with E-state index in [0.717, 1.165) is 18.4 Å². The molecule has 0 spiro atoms. The fraction of sp³-hybridized carbons (Fsp3) is 0.238. The summed E-state index contributed by atoms with van der Waals surface area (Å²) in [5.74, 6) is 0.0420. The predicted octanol–water partition coefficient (Wildman–Crippen LogP) is 5.05. The number of hydrogen-bond acceptors (Lipinski definition) is 6. The van der Waals surface area contributed by atoms with E-state index >= 15 is 0 Å². The monoisotopic (exact) mass is 396 g/mol. The lowest BCUT2D eigenvalue weighted by Crippen LogP contribution is -2.02. The number of nitrogens with one attached hydrogen (secondary N) is 1. The van der Waals surface area contributed by atoms with Gasteiger partial charge in [-0.2, -0.15) is 0 Å². The van der Waals surface area contributed by atoms with E-state index in [9.17, 15) is 4.79 Å². The van der Waals surface area contributed by atoms with Crippen molar-refractivity contribution in [2.45, 2.75) is 30.7 Å². The van der Waals surface area contributed by atoms with E-state index in [1.807, 2.05) is 0 Å². The van der Waals surface area contributed by atoms with Crippen molar-refractivity contribution in [3.8, 4) is 17.2 Å². The first-order valence-corrected chi connectivity index (χ1v) is 9.87. The van der Waals surface area contributed by atoms with Gasteiger partial charge >= 0.3 is 5.97 Å². The topological polar surface area (TPSA) is 84.6 Å². The van der Waals surface area contributed by atoms with E-state index in [0.29, 0.717) is 22.4 Å². The molecule has 1 aromatic heterocycles. The highest BCUT2D eigenvalue weighted by Crippen LogP contribution is 2.32. The zero-order chi connectivity index (χ0) is 19.5. The molecule has 4 rings (SSSR count). The van der Waals surface area contributed by atoms with Gasteiger partial charge in [0.1, 0.15) is 12.0 Å². The van der Waals surface area contributed by atoms with Crippen molar-refractivity contribution < 1.29 is 19.1 Å². The number of fused-ring (bicyclic) bond motifs is 1. The summed E-state index contributed by atoms with van der Waals surface area (Å²) in [6.07, 6.45) is 6.35. The Bertz CT molecular complexity index is 1020. The Morgan fingerprint density at radius 2 is 2.00 bits per heavy atom. The van der Waals surface area contributed by atoms with Gasteiger partial charge in [0.25, 0.3) is 0 Å². The van der Waals surface area contributed by atoms with Crippen LogP contribution in [0.4, 0.5) is 5.69 Å². The molecule has 0 unspecified atom stereocenters. The molecule has 0 aliphatic heterocycles. The van der Waals surface area contributed by atoms with Gasteiger partial charge < -0.3 is 19.0 Å². The summed E-state index contributed by atoms with van der Waals surface area (Å²) in [6.45, 7) is 0. The van der Waals surface area contributed by atoms with E-state index in [1.165, 1.54) is 55.2 Å². The van der Waals surface area contributed by atoms with Crippen LogP contribution in [-0.4, -0.2) is 23.2 Å². The highest BCUT2D eigenvalue weighted by atomic mass is 32.2. The molecular formula is C21H20N2O4S. The van der Waals surface area contributed by atoms with Gasteiger partial charge in [-0.25, -0.2) is 9.78 Å². The zero-order valence-corrected chi connectivity index (χ0v) is 16.2. The number of carboxylic acids is 1. The first kappa shape index (κ1) is 18.4. The number of methoxy groups -OCH3 is 1. The first-order valence-electron chi connectivity index (χ1n) is 9.06. The summed E-state index contributed by atoms with van der Waals surface area (Å²) < 4.78 is 14.1. The highest BCUT2D eigenvalue weighted by Gasteiger charge is 2.14. The van der Waals surface area contributed by atoms with Crippen LogP contribution in [0.3, 0.4) is 0 Å². The van der Waals surface area contributed by atoms with Crippen molar-refractivity contribution in [2.75, 3.05) is 11.8 Å². The second-order valence-electron chi connectivity index (χ2n) is 6.61. The van der Waals surface area contributed by atoms with Crippen LogP contribution in [-0.2, 0) is 12.8 Å². The van der Waals surface area contributed by atoms with Crippen LogP contribution < -0.4 is 9.46 Å². The van der Waals surface area contributed by atoms with Crippen molar-refractivity contribution in [1.29, 1.82) is 0 Å². The summed E-state index contributed by atoms with van der Waals surface area (Å²) >= 11 is 1.28. The second-order valence-corrected chi connectivity index (χ2v) is 7.43. The Kier molecular flexibility index (Phi) is 5.25. The molecule has 2 N–H and O–H groups in total. The minimum Gasteiger partial charge on any atom is -0.495 e. The number of oxazole rings is 1. The highest BCUT2D eigenvalue weighted by molar-refractivity contribution is 8.00. The molecule has 1 heterocycles. The van der Waals surface area contributed by atoms with Gasteiger partial charge in [0.05, 0.1) is 18.4 Å². The molecule has 0 bridgehead atoms. The van der Waals surface area contributed by atoms with Crippen LogP contribution in [0, 0.1) is 0 Å². The first-order chi connectivity index (χ1) is 13.6. The molecule has 0 amide bonds.